The first-order chi connectivity index (χ1) is 11.8. The number of primary sulfonamides is 1. The topological polar surface area (TPSA) is 86.5 Å². The quantitative estimate of drug-likeness (QED) is 0.829. The fraction of sp³-hybridized carbons (Fsp3) is 0.118. The molecule has 25 heavy (non-hydrogen) atoms. The van der Waals surface area contributed by atoms with E-state index in [2.05, 4.69) is 0 Å². The van der Waals surface area contributed by atoms with Crippen LogP contribution >= 0.6 is 0 Å². The average Bonchev–Trinajstić information content (AvgIpc) is 2.68. The molecule has 130 valence electrons. The number of sulfonamides is 1. The molecule has 0 bridgehead atoms. The van der Waals surface area contributed by atoms with Crippen molar-refractivity contribution in [3.63, 3.8) is 0 Å². The van der Waals surface area contributed by atoms with Crippen LogP contribution in [0.1, 0.15) is 22.3 Å². The molecule has 5 nitrogen and oxygen atoms in total. The van der Waals surface area contributed by atoms with E-state index in [4.69, 9.17) is 9.88 Å². The predicted octanol–water partition coefficient (Wildman–Crippen LogP) is 2.66. The molecule has 0 saturated carbocycles. The summed E-state index contributed by atoms with van der Waals surface area (Å²) in [6.07, 6.45) is 1.65. The van der Waals surface area contributed by atoms with Crippen molar-refractivity contribution in [2.24, 2.45) is 5.14 Å². The summed E-state index contributed by atoms with van der Waals surface area (Å²) < 4.78 is 55.3. The summed E-state index contributed by atoms with van der Waals surface area (Å²) in [6, 6.07) is 6.97. The van der Waals surface area contributed by atoms with Crippen molar-refractivity contribution in [1.82, 2.24) is 0 Å². The maximum atomic E-state index is 13.6. The number of hydrogen-bond acceptors (Lipinski definition) is 4. The maximum Gasteiger partial charge on any atom is 0.240 e. The van der Waals surface area contributed by atoms with Crippen molar-refractivity contribution in [3.8, 4) is 5.75 Å². The molecular weight excluding hydrogens is 352 g/mol. The van der Waals surface area contributed by atoms with Gasteiger partial charge in [-0.2, -0.15) is 0 Å². The third kappa shape index (κ3) is 3.59. The molecule has 2 N–H and O–H groups in total. The Kier molecular flexibility index (Phi) is 4.40. The van der Waals surface area contributed by atoms with Crippen molar-refractivity contribution in [2.45, 2.75) is 11.3 Å². The third-order valence-electron chi connectivity index (χ3n) is 3.71. The van der Waals surface area contributed by atoms with Crippen LogP contribution in [-0.2, 0) is 10.0 Å². The van der Waals surface area contributed by atoms with Gasteiger partial charge >= 0.3 is 0 Å². The molecular formula is C17H13F2NO4S. The smallest absolute Gasteiger partial charge is 0.240 e. The number of fused-ring (bicyclic) bond motifs is 1. The molecule has 8 heteroatoms. The first kappa shape index (κ1) is 17.2. The summed E-state index contributed by atoms with van der Waals surface area (Å²) in [4.78, 5) is 11.9. The van der Waals surface area contributed by atoms with Gasteiger partial charge in [0.1, 0.15) is 22.3 Å². The van der Waals surface area contributed by atoms with Crippen molar-refractivity contribution in [3.05, 3.63) is 64.7 Å². The average molecular weight is 365 g/mol. The largest absolute Gasteiger partial charge is 0.492 e. The lowest BCUT2D eigenvalue weighted by Crippen LogP contribution is -2.14. The zero-order valence-corrected chi connectivity index (χ0v) is 13.6. The van der Waals surface area contributed by atoms with E-state index < -0.39 is 32.3 Å². The number of nitrogens with two attached hydrogens (primary N) is 1. The van der Waals surface area contributed by atoms with Crippen molar-refractivity contribution in [2.75, 3.05) is 6.61 Å². The second-order valence-corrected chi connectivity index (χ2v) is 7.00. The van der Waals surface area contributed by atoms with Gasteiger partial charge in [-0.15, -0.1) is 0 Å². The highest BCUT2D eigenvalue weighted by Gasteiger charge is 2.22. The zero-order valence-electron chi connectivity index (χ0n) is 12.8. The number of benzene rings is 2. The molecule has 0 unspecified atom stereocenters. The molecule has 0 amide bonds. The summed E-state index contributed by atoms with van der Waals surface area (Å²) >= 11 is 0. The number of carbonyl (C=O) groups excluding carboxylic acids is 1. The van der Waals surface area contributed by atoms with Crippen molar-refractivity contribution in [1.29, 1.82) is 0 Å². The second kappa shape index (κ2) is 6.38. The maximum absolute atomic E-state index is 13.6. The Labute approximate surface area is 142 Å². The lowest BCUT2D eigenvalue weighted by molar-refractivity contribution is 0.103. The number of halogens is 2. The summed E-state index contributed by atoms with van der Waals surface area (Å²) in [5, 5.41) is 4.97. The van der Waals surface area contributed by atoms with E-state index in [1.807, 2.05) is 0 Å². The standard InChI is InChI=1S/C17H13F2NO4S/c18-12-2-4-15-13(9-12)17(21)11(5-6-24-15)7-10-1-3-14(19)16(8-10)25(20,22)23/h1-4,7-9H,5-6H2,(H2,20,22,23). The van der Waals surface area contributed by atoms with Crippen molar-refractivity contribution >= 4 is 21.9 Å². The first-order valence-electron chi connectivity index (χ1n) is 7.26. The normalized spacial score (nSPS) is 16.3. The second-order valence-electron chi connectivity index (χ2n) is 5.47. The fourth-order valence-electron chi connectivity index (χ4n) is 2.53. The molecule has 0 atom stereocenters. The van der Waals surface area contributed by atoms with Crippen LogP contribution in [0.4, 0.5) is 8.78 Å². The minimum absolute atomic E-state index is 0.0810. The van der Waals surface area contributed by atoms with Crippen LogP contribution in [0, 0.1) is 11.6 Å². The van der Waals surface area contributed by atoms with E-state index in [-0.39, 0.29) is 35.5 Å². The molecule has 0 radical (unpaired) electrons. The number of rotatable bonds is 2. The molecule has 0 spiro atoms. The van der Waals surface area contributed by atoms with E-state index in [9.17, 15) is 22.0 Å². The molecule has 2 aromatic carbocycles. The van der Waals surface area contributed by atoms with E-state index in [0.29, 0.717) is 0 Å². The van der Waals surface area contributed by atoms with E-state index in [1.54, 1.807) is 0 Å². The van der Waals surface area contributed by atoms with Crippen molar-refractivity contribution < 1.29 is 26.7 Å². The number of carbonyl (C=O) groups is 1. The molecule has 0 fully saturated rings. The predicted molar refractivity (Wildman–Crippen MR) is 86.6 cm³/mol. The van der Waals surface area contributed by atoms with Gasteiger partial charge in [0.05, 0.1) is 12.2 Å². The monoisotopic (exact) mass is 365 g/mol. The van der Waals surface area contributed by atoms with Gasteiger partial charge in [-0.1, -0.05) is 6.07 Å². The van der Waals surface area contributed by atoms with Gasteiger partial charge in [0.15, 0.2) is 5.78 Å². The Morgan fingerprint density at radius 1 is 1.12 bits per heavy atom. The molecule has 0 saturated heterocycles. The summed E-state index contributed by atoms with van der Waals surface area (Å²) in [6.45, 7) is 0.194. The van der Waals surface area contributed by atoms with Crippen LogP contribution in [0.15, 0.2) is 46.9 Å². The zero-order chi connectivity index (χ0) is 18.2. The molecule has 1 heterocycles. The van der Waals surface area contributed by atoms with E-state index in [1.165, 1.54) is 24.3 Å². The molecule has 2 aromatic rings. The molecule has 0 aromatic heterocycles. The SMILES string of the molecule is NS(=O)(=O)c1cc(C=C2CCOc3ccc(F)cc3C2=O)ccc1F. The van der Waals surface area contributed by atoms with E-state index >= 15 is 0 Å². The number of hydrogen-bond donors (Lipinski definition) is 1. The summed E-state index contributed by atoms with van der Waals surface area (Å²) in [7, 11) is -4.24. The number of Topliss-reactive ketones (excluding diaryl/α,β-unsaturated/α-hetero) is 1. The molecule has 1 aliphatic heterocycles. The molecule has 0 aliphatic carbocycles. The van der Waals surface area contributed by atoms with Crippen LogP contribution in [0.5, 0.6) is 5.75 Å². The molecule has 1 aliphatic rings. The Morgan fingerprint density at radius 2 is 1.88 bits per heavy atom. The van der Waals surface area contributed by atoms with Crippen LogP contribution < -0.4 is 9.88 Å². The lowest BCUT2D eigenvalue weighted by Gasteiger charge is -2.06. The van der Waals surface area contributed by atoms with Gasteiger partial charge in [-0.25, -0.2) is 22.3 Å². The van der Waals surface area contributed by atoms with Crippen LogP contribution in [0.2, 0.25) is 0 Å². The van der Waals surface area contributed by atoms with Gasteiger partial charge in [0.2, 0.25) is 10.0 Å². The Morgan fingerprint density at radius 3 is 2.60 bits per heavy atom. The molecule has 3 rings (SSSR count). The Balaban J connectivity index is 2.06. The van der Waals surface area contributed by atoms with Gasteiger partial charge in [-0.05, 0) is 42.0 Å². The van der Waals surface area contributed by atoms with Crippen LogP contribution in [0.3, 0.4) is 0 Å². The number of ketones is 1. The summed E-state index contributed by atoms with van der Waals surface area (Å²) in [5.41, 5.74) is 0.655. The van der Waals surface area contributed by atoms with E-state index in [0.717, 1.165) is 18.2 Å². The highest BCUT2D eigenvalue weighted by atomic mass is 32.2. The number of ether oxygens (including phenoxy) is 1. The Bertz CT molecular complexity index is 1000. The van der Waals surface area contributed by atoms with Crippen LogP contribution in [0.25, 0.3) is 6.08 Å². The van der Waals surface area contributed by atoms with Crippen LogP contribution in [-0.4, -0.2) is 20.8 Å². The van der Waals surface area contributed by atoms with Gasteiger partial charge in [0.25, 0.3) is 0 Å². The van der Waals surface area contributed by atoms with Gasteiger partial charge in [0, 0.05) is 12.0 Å². The first-order valence-corrected chi connectivity index (χ1v) is 8.80. The van der Waals surface area contributed by atoms with Gasteiger partial charge < -0.3 is 4.74 Å². The minimum Gasteiger partial charge on any atom is -0.492 e. The Hall–Kier alpha value is -2.58. The minimum atomic E-state index is -4.24. The van der Waals surface area contributed by atoms with Gasteiger partial charge in [-0.3, -0.25) is 4.79 Å². The highest BCUT2D eigenvalue weighted by molar-refractivity contribution is 7.89. The fourth-order valence-corrected chi connectivity index (χ4v) is 3.17. The lowest BCUT2D eigenvalue weighted by atomic mass is 9.99. The highest BCUT2D eigenvalue weighted by Crippen LogP contribution is 2.28. The third-order valence-corrected chi connectivity index (χ3v) is 4.64. The summed E-state index contributed by atoms with van der Waals surface area (Å²) in [5.74, 6) is -1.71.